The molecule has 1 fully saturated rings. The van der Waals surface area contributed by atoms with Crippen LogP contribution in [0.25, 0.3) is 0 Å². The Labute approximate surface area is 132 Å². The van der Waals surface area contributed by atoms with Crippen LogP contribution < -0.4 is 10.1 Å². The SMILES string of the molecule is COc1cc([C@H]2[NH2+]C[C@@H](c3ccc([N+](=O)[O-])cc3)O2)ccc1O. The molecule has 1 saturated heterocycles. The smallest absolute Gasteiger partial charge is 0.269 e. The number of hydrogen-bond acceptors (Lipinski definition) is 5. The van der Waals surface area contributed by atoms with Gasteiger partial charge in [-0.05, 0) is 35.9 Å². The third-order valence-electron chi connectivity index (χ3n) is 3.88. The zero-order valence-corrected chi connectivity index (χ0v) is 12.5. The molecule has 0 spiro atoms. The molecule has 0 aromatic heterocycles. The molecule has 2 atom stereocenters. The van der Waals surface area contributed by atoms with E-state index in [4.69, 9.17) is 9.47 Å². The molecule has 0 unspecified atom stereocenters. The zero-order valence-electron chi connectivity index (χ0n) is 12.5. The Morgan fingerprint density at radius 3 is 2.61 bits per heavy atom. The molecule has 0 radical (unpaired) electrons. The number of methoxy groups -OCH3 is 1. The highest BCUT2D eigenvalue weighted by atomic mass is 16.6. The normalized spacial score (nSPS) is 20.4. The molecule has 7 heteroatoms. The van der Waals surface area contributed by atoms with Crippen molar-refractivity contribution < 1.29 is 24.8 Å². The van der Waals surface area contributed by atoms with Gasteiger partial charge in [-0.25, -0.2) is 0 Å². The van der Waals surface area contributed by atoms with E-state index >= 15 is 0 Å². The topological polar surface area (TPSA) is 98.4 Å². The van der Waals surface area contributed by atoms with E-state index in [9.17, 15) is 15.2 Å². The van der Waals surface area contributed by atoms with Crippen LogP contribution in [-0.4, -0.2) is 23.7 Å². The number of phenols is 1. The summed E-state index contributed by atoms with van der Waals surface area (Å²) >= 11 is 0. The molecular formula is C16H17N2O5+. The van der Waals surface area contributed by atoms with Crippen LogP contribution in [0.5, 0.6) is 11.5 Å². The Hall–Kier alpha value is -2.64. The van der Waals surface area contributed by atoms with Crippen LogP contribution in [0, 0.1) is 10.1 Å². The molecule has 0 saturated carbocycles. The van der Waals surface area contributed by atoms with Crippen LogP contribution in [0.15, 0.2) is 42.5 Å². The highest BCUT2D eigenvalue weighted by Gasteiger charge is 2.31. The standard InChI is InChI=1S/C16H16N2O5/c1-22-14-8-11(4-7-13(14)19)16-17-9-15(23-16)10-2-5-12(6-3-10)18(20)21/h2-8,15-17,19H,9H2,1H3/p+1/t15-,16-/m0/s1. The van der Waals surface area contributed by atoms with E-state index < -0.39 is 4.92 Å². The summed E-state index contributed by atoms with van der Waals surface area (Å²) in [6.45, 7) is 0.714. The largest absolute Gasteiger partial charge is 0.504 e. The molecule has 3 rings (SSSR count). The van der Waals surface area contributed by atoms with Crippen molar-refractivity contribution in [3.05, 3.63) is 63.7 Å². The first-order valence-electron chi connectivity index (χ1n) is 7.18. The van der Waals surface area contributed by atoms with E-state index in [1.54, 1.807) is 30.3 Å². The van der Waals surface area contributed by atoms with Crippen molar-refractivity contribution in [2.24, 2.45) is 0 Å². The minimum Gasteiger partial charge on any atom is -0.504 e. The number of nitro benzene ring substituents is 1. The molecule has 1 heterocycles. The van der Waals surface area contributed by atoms with Crippen LogP contribution in [0.2, 0.25) is 0 Å². The number of benzene rings is 2. The predicted octanol–water partition coefficient (Wildman–Crippen LogP) is 1.64. The maximum atomic E-state index is 10.7. The van der Waals surface area contributed by atoms with E-state index in [1.807, 2.05) is 5.32 Å². The number of phenolic OH excluding ortho intramolecular Hbond substituents is 1. The lowest BCUT2D eigenvalue weighted by molar-refractivity contribution is -0.698. The average Bonchev–Trinajstić information content (AvgIpc) is 3.05. The average molecular weight is 317 g/mol. The molecule has 2 aromatic carbocycles. The van der Waals surface area contributed by atoms with Crippen LogP contribution >= 0.6 is 0 Å². The summed E-state index contributed by atoms with van der Waals surface area (Å²) < 4.78 is 11.1. The number of nitrogens with zero attached hydrogens (tertiary/aromatic N) is 1. The number of quaternary nitrogens is 1. The fourth-order valence-electron chi connectivity index (χ4n) is 2.65. The van der Waals surface area contributed by atoms with E-state index in [-0.39, 0.29) is 23.8 Å². The van der Waals surface area contributed by atoms with Crippen LogP contribution in [0.4, 0.5) is 5.69 Å². The quantitative estimate of drug-likeness (QED) is 0.660. The summed E-state index contributed by atoms with van der Waals surface area (Å²) in [5, 5.41) is 22.4. The van der Waals surface area contributed by atoms with Crippen molar-refractivity contribution in [3.8, 4) is 11.5 Å². The molecule has 0 aliphatic carbocycles. The van der Waals surface area contributed by atoms with Crippen molar-refractivity contribution in [2.75, 3.05) is 13.7 Å². The van der Waals surface area contributed by atoms with Gasteiger partial charge in [0.2, 0.25) is 6.23 Å². The summed E-state index contributed by atoms with van der Waals surface area (Å²) in [6.07, 6.45) is -0.342. The minimum absolute atomic E-state index is 0.0653. The Morgan fingerprint density at radius 1 is 1.26 bits per heavy atom. The summed E-state index contributed by atoms with van der Waals surface area (Å²) in [7, 11) is 1.50. The Kier molecular flexibility index (Phi) is 4.14. The summed E-state index contributed by atoms with van der Waals surface area (Å²) in [5.41, 5.74) is 1.86. The van der Waals surface area contributed by atoms with Gasteiger partial charge < -0.3 is 19.9 Å². The lowest BCUT2D eigenvalue weighted by Gasteiger charge is -2.11. The van der Waals surface area contributed by atoms with Crippen molar-refractivity contribution in [1.29, 1.82) is 0 Å². The van der Waals surface area contributed by atoms with E-state index in [2.05, 4.69) is 0 Å². The molecule has 2 aromatic rings. The number of ether oxygens (including phenoxy) is 2. The molecule has 120 valence electrons. The fraction of sp³-hybridized carbons (Fsp3) is 0.250. The van der Waals surface area contributed by atoms with Crippen LogP contribution in [0.3, 0.4) is 0 Å². The monoisotopic (exact) mass is 317 g/mol. The van der Waals surface area contributed by atoms with Crippen LogP contribution in [-0.2, 0) is 4.74 Å². The molecule has 0 amide bonds. The van der Waals surface area contributed by atoms with E-state index in [0.29, 0.717) is 12.3 Å². The van der Waals surface area contributed by atoms with Gasteiger partial charge in [-0.2, -0.15) is 0 Å². The lowest BCUT2D eigenvalue weighted by Crippen LogP contribution is -2.82. The van der Waals surface area contributed by atoms with Gasteiger partial charge in [-0.15, -0.1) is 0 Å². The highest BCUT2D eigenvalue weighted by molar-refractivity contribution is 5.42. The zero-order chi connectivity index (χ0) is 16.4. The molecule has 1 aliphatic rings. The Balaban J connectivity index is 1.74. The number of hydrogen-bond donors (Lipinski definition) is 2. The predicted molar refractivity (Wildman–Crippen MR) is 81.1 cm³/mol. The van der Waals surface area contributed by atoms with Gasteiger partial charge in [-0.3, -0.25) is 10.1 Å². The van der Waals surface area contributed by atoms with E-state index in [1.165, 1.54) is 19.2 Å². The third kappa shape index (κ3) is 3.10. The first-order valence-corrected chi connectivity index (χ1v) is 7.18. The van der Waals surface area contributed by atoms with Crippen molar-refractivity contribution >= 4 is 5.69 Å². The first kappa shape index (κ1) is 15.3. The van der Waals surface area contributed by atoms with Gasteiger partial charge >= 0.3 is 0 Å². The maximum absolute atomic E-state index is 10.7. The summed E-state index contributed by atoms with van der Waals surface area (Å²) in [6, 6.07) is 11.5. The van der Waals surface area contributed by atoms with Gasteiger partial charge in [0.25, 0.3) is 5.69 Å². The fourth-order valence-corrected chi connectivity index (χ4v) is 2.65. The van der Waals surface area contributed by atoms with E-state index in [0.717, 1.165) is 11.1 Å². The third-order valence-corrected chi connectivity index (χ3v) is 3.88. The molecule has 0 bridgehead atoms. The van der Waals surface area contributed by atoms with Crippen molar-refractivity contribution in [3.63, 3.8) is 0 Å². The Morgan fingerprint density at radius 2 is 1.96 bits per heavy atom. The number of non-ortho nitro benzene ring substituents is 1. The first-order chi connectivity index (χ1) is 11.1. The van der Waals surface area contributed by atoms with Gasteiger partial charge in [-0.1, -0.05) is 0 Å². The molecule has 7 nitrogen and oxygen atoms in total. The summed E-state index contributed by atoms with van der Waals surface area (Å²) in [4.78, 5) is 10.3. The van der Waals surface area contributed by atoms with Gasteiger partial charge in [0.15, 0.2) is 11.5 Å². The van der Waals surface area contributed by atoms with Crippen molar-refractivity contribution in [2.45, 2.75) is 12.3 Å². The number of nitro groups is 1. The second-order valence-electron chi connectivity index (χ2n) is 5.30. The molecule has 3 N–H and O–H groups in total. The maximum Gasteiger partial charge on any atom is 0.269 e. The number of rotatable bonds is 4. The van der Waals surface area contributed by atoms with Crippen LogP contribution in [0.1, 0.15) is 23.5 Å². The van der Waals surface area contributed by atoms with Crippen molar-refractivity contribution in [1.82, 2.24) is 0 Å². The number of nitrogens with two attached hydrogens (primary N) is 1. The number of aromatic hydroxyl groups is 1. The van der Waals surface area contributed by atoms with Gasteiger partial charge in [0.1, 0.15) is 12.6 Å². The minimum atomic E-state index is -0.420. The van der Waals surface area contributed by atoms with Gasteiger partial charge in [0, 0.05) is 17.7 Å². The second kappa shape index (κ2) is 6.23. The Bertz CT molecular complexity index is 717. The van der Waals surface area contributed by atoms with Gasteiger partial charge in [0.05, 0.1) is 12.0 Å². The molecule has 23 heavy (non-hydrogen) atoms. The molecular weight excluding hydrogens is 300 g/mol. The highest BCUT2D eigenvalue weighted by Crippen LogP contribution is 2.32. The molecule has 1 aliphatic heterocycles. The lowest BCUT2D eigenvalue weighted by atomic mass is 10.1. The second-order valence-corrected chi connectivity index (χ2v) is 5.30. The summed E-state index contributed by atoms with van der Waals surface area (Å²) in [5.74, 6) is 0.486.